The number of hydrogen-bond donors (Lipinski definition) is 1. The number of amides is 2. The minimum absolute atomic E-state index is 0.130. The molecule has 2 heterocycles. The number of anilines is 1. The van der Waals surface area contributed by atoms with Gasteiger partial charge in [0.25, 0.3) is 5.91 Å². The van der Waals surface area contributed by atoms with Crippen molar-refractivity contribution < 1.29 is 19.5 Å². The number of nitrogens with zero attached hydrogens (tertiary/aromatic N) is 2. The lowest BCUT2D eigenvalue weighted by molar-refractivity contribution is -0.123. The molecule has 2 aromatic rings. The van der Waals surface area contributed by atoms with Crippen molar-refractivity contribution in [3.63, 3.8) is 0 Å². The lowest BCUT2D eigenvalue weighted by Crippen LogP contribution is -2.46. The quantitative estimate of drug-likeness (QED) is 0.792. The van der Waals surface area contributed by atoms with Gasteiger partial charge >= 0.3 is 5.97 Å². The maximum atomic E-state index is 13.0. The predicted octanol–water partition coefficient (Wildman–Crippen LogP) is 2.97. The molecule has 1 N–H and O–H groups in total. The standard InChI is InChI=1S/C23H24N2O4/c26-21-15-20(22(27)25(21)19-8-6-18(7-9-19)23(28)29)24-12-10-17(11-13-24)14-16-4-2-1-3-5-16/h1-9,17,20H,10-15H2,(H,28,29)/t20-/m1/s1. The van der Waals surface area contributed by atoms with Crippen molar-refractivity contribution in [1.82, 2.24) is 4.90 Å². The van der Waals surface area contributed by atoms with E-state index in [9.17, 15) is 14.4 Å². The average molecular weight is 392 g/mol. The van der Waals surface area contributed by atoms with Crippen LogP contribution in [0.3, 0.4) is 0 Å². The van der Waals surface area contributed by atoms with Gasteiger partial charge < -0.3 is 5.11 Å². The van der Waals surface area contributed by atoms with Crippen LogP contribution in [-0.4, -0.2) is 46.9 Å². The van der Waals surface area contributed by atoms with Crippen LogP contribution < -0.4 is 4.90 Å². The van der Waals surface area contributed by atoms with Gasteiger partial charge in [-0.25, -0.2) is 9.69 Å². The summed E-state index contributed by atoms with van der Waals surface area (Å²) in [5.74, 6) is -0.874. The number of likely N-dealkylation sites (tertiary alicyclic amines) is 1. The zero-order valence-corrected chi connectivity index (χ0v) is 16.2. The lowest BCUT2D eigenvalue weighted by Gasteiger charge is -2.34. The zero-order valence-electron chi connectivity index (χ0n) is 16.2. The number of imide groups is 1. The summed E-state index contributed by atoms with van der Waals surface area (Å²) in [7, 11) is 0. The Balaban J connectivity index is 1.38. The fraction of sp³-hybridized carbons (Fsp3) is 0.348. The average Bonchev–Trinajstić information content (AvgIpc) is 3.03. The third-order valence-electron chi connectivity index (χ3n) is 5.95. The van der Waals surface area contributed by atoms with Crippen LogP contribution in [-0.2, 0) is 16.0 Å². The molecule has 1 atom stereocenters. The third-order valence-corrected chi connectivity index (χ3v) is 5.95. The summed E-state index contributed by atoms with van der Waals surface area (Å²) in [6.45, 7) is 1.62. The summed E-state index contributed by atoms with van der Waals surface area (Å²) >= 11 is 0. The molecule has 0 spiro atoms. The molecule has 0 aliphatic carbocycles. The molecule has 150 valence electrons. The monoisotopic (exact) mass is 392 g/mol. The molecule has 0 bridgehead atoms. The highest BCUT2D eigenvalue weighted by molar-refractivity contribution is 6.22. The van der Waals surface area contributed by atoms with E-state index in [4.69, 9.17) is 5.11 Å². The Morgan fingerprint density at radius 2 is 1.62 bits per heavy atom. The van der Waals surface area contributed by atoms with Gasteiger partial charge in [-0.15, -0.1) is 0 Å². The Morgan fingerprint density at radius 1 is 0.966 bits per heavy atom. The molecular formula is C23H24N2O4. The summed E-state index contributed by atoms with van der Waals surface area (Å²) < 4.78 is 0. The molecule has 2 fully saturated rings. The van der Waals surface area contributed by atoms with Crippen molar-refractivity contribution in [2.24, 2.45) is 5.92 Å². The summed E-state index contributed by atoms with van der Waals surface area (Å²) in [6, 6.07) is 15.9. The first kappa shape index (κ1) is 19.3. The van der Waals surface area contributed by atoms with E-state index in [1.165, 1.54) is 34.7 Å². The molecule has 6 nitrogen and oxygen atoms in total. The van der Waals surface area contributed by atoms with E-state index in [1.54, 1.807) is 0 Å². The van der Waals surface area contributed by atoms with Crippen molar-refractivity contribution in [1.29, 1.82) is 0 Å². The van der Waals surface area contributed by atoms with Gasteiger partial charge in [-0.1, -0.05) is 30.3 Å². The highest BCUT2D eigenvalue weighted by Crippen LogP contribution is 2.29. The molecule has 0 aromatic heterocycles. The second kappa shape index (κ2) is 8.17. The number of piperidine rings is 1. The molecule has 0 unspecified atom stereocenters. The molecule has 29 heavy (non-hydrogen) atoms. The molecule has 2 aliphatic heterocycles. The number of rotatable bonds is 5. The number of carbonyl (C=O) groups is 3. The van der Waals surface area contributed by atoms with E-state index >= 15 is 0 Å². The first-order valence-corrected chi connectivity index (χ1v) is 10.0. The van der Waals surface area contributed by atoms with Crippen molar-refractivity contribution in [2.75, 3.05) is 18.0 Å². The molecule has 0 radical (unpaired) electrons. The van der Waals surface area contributed by atoms with Crippen LogP contribution in [0.25, 0.3) is 0 Å². The van der Waals surface area contributed by atoms with Gasteiger partial charge in [0.15, 0.2) is 0 Å². The van der Waals surface area contributed by atoms with Crippen LogP contribution in [0.15, 0.2) is 54.6 Å². The van der Waals surface area contributed by atoms with Crippen LogP contribution in [0, 0.1) is 5.92 Å². The molecule has 2 amide bonds. The van der Waals surface area contributed by atoms with E-state index in [0.29, 0.717) is 11.6 Å². The van der Waals surface area contributed by atoms with Crippen molar-refractivity contribution in [3.8, 4) is 0 Å². The summed E-state index contributed by atoms with van der Waals surface area (Å²) in [5, 5.41) is 9.02. The van der Waals surface area contributed by atoms with E-state index in [2.05, 4.69) is 29.2 Å². The van der Waals surface area contributed by atoms with Crippen molar-refractivity contribution in [3.05, 3.63) is 65.7 Å². The fourth-order valence-corrected chi connectivity index (χ4v) is 4.34. The largest absolute Gasteiger partial charge is 0.478 e. The molecule has 2 saturated heterocycles. The summed E-state index contributed by atoms with van der Waals surface area (Å²) in [6.07, 6.45) is 3.26. The molecule has 2 aliphatic rings. The third kappa shape index (κ3) is 4.07. The summed E-state index contributed by atoms with van der Waals surface area (Å²) in [5.41, 5.74) is 1.91. The normalized spacial score (nSPS) is 21.0. The van der Waals surface area contributed by atoms with Crippen LogP contribution >= 0.6 is 0 Å². The van der Waals surface area contributed by atoms with Crippen LogP contribution in [0.2, 0.25) is 0 Å². The van der Waals surface area contributed by atoms with Crippen LogP contribution in [0.1, 0.15) is 35.2 Å². The number of aromatic carboxylic acids is 1. The highest BCUT2D eigenvalue weighted by atomic mass is 16.4. The van der Waals surface area contributed by atoms with E-state index in [-0.39, 0.29) is 23.8 Å². The number of carboxylic acids is 1. The number of hydrogen-bond acceptors (Lipinski definition) is 4. The van der Waals surface area contributed by atoms with E-state index in [0.717, 1.165) is 32.4 Å². The van der Waals surface area contributed by atoms with Crippen molar-refractivity contribution >= 4 is 23.5 Å². The van der Waals surface area contributed by atoms with Crippen LogP contribution in [0.5, 0.6) is 0 Å². The second-order valence-corrected chi connectivity index (χ2v) is 7.81. The Morgan fingerprint density at radius 3 is 2.24 bits per heavy atom. The first-order chi connectivity index (χ1) is 14.0. The summed E-state index contributed by atoms with van der Waals surface area (Å²) in [4.78, 5) is 39.8. The Labute approximate surface area is 169 Å². The fourth-order valence-electron chi connectivity index (χ4n) is 4.34. The van der Waals surface area contributed by atoms with Gasteiger partial charge in [0.05, 0.1) is 23.7 Å². The van der Waals surface area contributed by atoms with Gasteiger partial charge in [0.1, 0.15) is 0 Å². The second-order valence-electron chi connectivity index (χ2n) is 7.81. The van der Waals surface area contributed by atoms with Gasteiger partial charge in [-0.3, -0.25) is 14.5 Å². The Kier molecular flexibility index (Phi) is 5.45. The highest BCUT2D eigenvalue weighted by Gasteiger charge is 2.43. The zero-order chi connectivity index (χ0) is 20.4. The van der Waals surface area contributed by atoms with Crippen molar-refractivity contribution in [2.45, 2.75) is 31.7 Å². The number of benzene rings is 2. The molecular weight excluding hydrogens is 368 g/mol. The van der Waals surface area contributed by atoms with E-state index in [1.807, 2.05) is 6.07 Å². The van der Waals surface area contributed by atoms with Gasteiger partial charge in [0.2, 0.25) is 5.91 Å². The minimum Gasteiger partial charge on any atom is -0.478 e. The molecule has 6 heteroatoms. The lowest BCUT2D eigenvalue weighted by atomic mass is 9.89. The number of carboxylic acid groups (broad SMARTS) is 1. The van der Waals surface area contributed by atoms with E-state index < -0.39 is 12.0 Å². The van der Waals surface area contributed by atoms with Gasteiger partial charge in [-0.2, -0.15) is 0 Å². The molecule has 4 rings (SSSR count). The maximum absolute atomic E-state index is 13.0. The Hall–Kier alpha value is -2.99. The molecule has 0 saturated carbocycles. The van der Waals surface area contributed by atoms with Gasteiger partial charge in [-0.05, 0) is 68.1 Å². The van der Waals surface area contributed by atoms with Gasteiger partial charge in [0, 0.05) is 0 Å². The van der Waals surface area contributed by atoms with Crippen LogP contribution in [0.4, 0.5) is 5.69 Å². The first-order valence-electron chi connectivity index (χ1n) is 10.0. The Bertz CT molecular complexity index is 902. The maximum Gasteiger partial charge on any atom is 0.335 e. The topological polar surface area (TPSA) is 77.9 Å². The SMILES string of the molecule is O=C(O)c1ccc(N2C(=O)C[C@@H](N3CCC(Cc4ccccc4)CC3)C2=O)cc1. The number of carbonyl (C=O) groups excluding carboxylic acids is 2. The molecule has 2 aromatic carbocycles. The predicted molar refractivity (Wildman–Crippen MR) is 109 cm³/mol. The smallest absolute Gasteiger partial charge is 0.335 e. The minimum atomic E-state index is -1.04.